The van der Waals surface area contributed by atoms with E-state index in [9.17, 15) is 4.79 Å². The largest absolute Gasteiger partial charge is 0.345 e. The van der Waals surface area contributed by atoms with Crippen LogP contribution in [0, 0.1) is 0 Å². The fourth-order valence-corrected chi connectivity index (χ4v) is 3.74. The van der Waals surface area contributed by atoms with E-state index >= 15 is 0 Å². The van der Waals surface area contributed by atoms with Gasteiger partial charge in [-0.25, -0.2) is 4.98 Å². The third-order valence-electron chi connectivity index (χ3n) is 3.85. The van der Waals surface area contributed by atoms with Crippen LogP contribution in [0.2, 0.25) is 0 Å². The third-order valence-corrected chi connectivity index (χ3v) is 4.86. The fraction of sp³-hybridized carbons (Fsp3) is 0.375. The van der Waals surface area contributed by atoms with Gasteiger partial charge in [0.25, 0.3) is 0 Å². The Labute approximate surface area is 123 Å². The van der Waals surface area contributed by atoms with E-state index in [-0.39, 0.29) is 0 Å². The Kier molecular flexibility index (Phi) is 3.83. The van der Waals surface area contributed by atoms with E-state index in [0.717, 1.165) is 34.1 Å². The molecule has 0 N–H and O–H groups in total. The number of hydrogen-bond donors (Lipinski definition) is 0. The van der Waals surface area contributed by atoms with Gasteiger partial charge in [-0.3, -0.25) is 4.79 Å². The Morgan fingerprint density at radius 2 is 2.10 bits per heavy atom. The number of anilines is 1. The number of carbonyl (C=O) groups excluding carboxylic acids is 1. The van der Waals surface area contributed by atoms with Crippen LogP contribution >= 0.6 is 11.3 Å². The van der Waals surface area contributed by atoms with Gasteiger partial charge in [0.05, 0.1) is 10.6 Å². The summed E-state index contributed by atoms with van der Waals surface area (Å²) in [7, 11) is 0. The third kappa shape index (κ3) is 2.48. The van der Waals surface area contributed by atoms with Gasteiger partial charge in [-0.2, -0.15) is 0 Å². The molecule has 1 aliphatic rings. The van der Waals surface area contributed by atoms with E-state index in [0.29, 0.717) is 6.04 Å². The second-order valence-electron chi connectivity index (χ2n) is 5.23. The number of nitrogens with zero attached hydrogens (tertiary/aromatic N) is 2. The minimum atomic E-state index is 0.512. The molecule has 104 valence electrons. The normalized spacial score (nSPS) is 19.1. The van der Waals surface area contributed by atoms with Gasteiger partial charge in [-0.15, -0.1) is 0 Å². The Hall–Kier alpha value is -1.68. The summed E-state index contributed by atoms with van der Waals surface area (Å²) in [5.74, 6) is 0. The number of rotatable bonds is 3. The molecule has 1 fully saturated rings. The zero-order chi connectivity index (χ0) is 13.9. The van der Waals surface area contributed by atoms with Crippen LogP contribution in [0.4, 0.5) is 5.13 Å². The summed E-state index contributed by atoms with van der Waals surface area (Å²) in [6.07, 6.45) is 4.63. The van der Waals surface area contributed by atoms with E-state index in [1.807, 2.05) is 30.3 Å². The number of thiazole rings is 1. The van der Waals surface area contributed by atoms with Crippen LogP contribution in [-0.2, 0) is 0 Å². The average molecular weight is 286 g/mol. The quantitative estimate of drug-likeness (QED) is 0.800. The molecule has 3 nitrogen and oxygen atoms in total. The Morgan fingerprint density at radius 1 is 1.30 bits per heavy atom. The molecule has 20 heavy (non-hydrogen) atoms. The minimum Gasteiger partial charge on any atom is -0.345 e. The second-order valence-corrected chi connectivity index (χ2v) is 6.24. The average Bonchev–Trinajstić information content (AvgIpc) is 2.92. The van der Waals surface area contributed by atoms with Crippen LogP contribution in [0.15, 0.2) is 30.3 Å². The van der Waals surface area contributed by atoms with E-state index in [4.69, 9.17) is 4.98 Å². The summed E-state index contributed by atoms with van der Waals surface area (Å²) in [6, 6.07) is 10.5. The van der Waals surface area contributed by atoms with Crippen LogP contribution in [0.25, 0.3) is 11.3 Å². The molecule has 3 rings (SSSR count). The van der Waals surface area contributed by atoms with Crippen LogP contribution in [0.5, 0.6) is 0 Å². The van der Waals surface area contributed by atoms with Gasteiger partial charge >= 0.3 is 0 Å². The maximum absolute atomic E-state index is 11.3. The van der Waals surface area contributed by atoms with E-state index < -0.39 is 0 Å². The fourth-order valence-electron chi connectivity index (χ4n) is 2.71. The molecule has 2 aromatic rings. The molecule has 1 atom stereocenters. The highest BCUT2D eigenvalue weighted by Gasteiger charge is 2.23. The van der Waals surface area contributed by atoms with Crippen molar-refractivity contribution >= 4 is 22.8 Å². The number of carbonyl (C=O) groups is 1. The van der Waals surface area contributed by atoms with Gasteiger partial charge in [-0.05, 0) is 26.2 Å². The zero-order valence-corrected chi connectivity index (χ0v) is 12.4. The summed E-state index contributed by atoms with van der Waals surface area (Å²) in [5.41, 5.74) is 1.83. The van der Waals surface area contributed by atoms with Crippen molar-refractivity contribution < 1.29 is 4.79 Å². The van der Waals surface area contributed by atoms with Crippen molar-refractivity contribution in [2.24, 2.45) is 0 Å². The summed E-state index contributed by atoms with van der Waals surface area (Å²) in [4.78, 5) is 19.1. The molecule has 0 saturated carbocycles. The van der Waals surface area contributed by atoms with Crippen molar-refractivity contribution in [3.05, 3.63) is 35.2 Å². The summed E-state index contributed by atoms with van der Waals surface area (Å²) in [6.45, 7) is 3.28. The van der Waals surface area contributed by atoms with Gasteiger partial charge in [0.2, 0.25) is 0 Å². The lowest BCUT2D eigenvalue weighted by molar-refractivity contribution is 0.112. The van der Waals surface area contributed by atoms with Crippen molar-refractivity contribution in [1.82, 2.24) is 4.98 Å². The van der Waals surface area contributed by atoms with Crippen molar-refractivity contribution in [2.75, 3.05) is 11.4 Å². The molecule has 1 aliphatic heterocycles. The molecule has 1 saturated heterocycles. The van der Waals surface area contributed by atoms with Gasteiger partial charge in [0.15, 0.2) is 11.4 Å². The second kappa shape index (κ2) is 5.75. The standard InChI is InChI=1S/C16H18N2OS/c1-12-7-5-6-10-18(12)16-17-15(14(11-19)20-16)13-8-3-2-4-9-13/h2-4,8-9,11-12H,5-7,10H2,1H3. The van der Waals surface area contributed by atoms with Crippen LogP contribution in [-0.4, -0.2) is 23.9 Å². The van der Waals surface area contributed by atoms with Gasteiger partial charge in [0.1, 0.15) is 0 Å². The molecule has 0 radical (unpaired) electrons. The summed E-state index contributed by atoms with van der Waals surface area (Å²) >= 11 is 1.51. The molecule has 0 amide bonds. The maximum Gasteiger partial charge on any atom is 0.186 e. The first-order chi connectivity index (χ1) is 9.79. The first-order valence-corrected chi connectivity index (χ1v) is 7.89. The summed E-state index contributed by atoms with van der Waals surface area (Å²) in [5, 5.41) is 0.984. The summed E-state index contributed by atoms with van der Waals surface area (Å²) < 4.78 is 0. The van der Waals surface area contributed by atoms with Gasteiger partial charge in [-0.1, -0.05) is 41.7 Å². The molecule has 0 spiro atoms. The van der Waals surface area contributed by atoms with Crippen molar-refractivity contribution in [3.8, 4) is 11.3 Å². The Bertz CT molecular complexity index is 594. The lowest BCUT2D eigenvalue weighted by Crippen LogP contribution is -2.37. The van der Waals surface area contributed by atoms with E-state index in [2.05, 4.69) is 11.8 Å². The molecular formula is C16H18N2OS. The van der Waals surface area contributed by atoms with Crippen LogP contribution in [0.3, 0.4) is 0 Å². The Balaban J connectivity index is 1.98. The topological polar surface area (TPSA) is 33.2 Å². The first-order valence-electron chi connectivity index (χ1n) is 7.07. The highest BCUT2D eigenvalue weighted by molar-refractivity contribution is 7.17. The highest BCUT2D eigenvalue weighted by Crippen LogP contribution is 2.34. The van der Waals surface area contributed by atoms with Crippen molar-refractivity contribution in [2.45, 2.75) is 32.2 Å². The first kappa shape index (κ1) is 13.3. The number of aromatic nitrogens is 1. The lowest BCUT2D eigenvalue weighted by Gasteiger charge is -2.33. The van der Waals surface area contributed by atoms with Crippen LogP contribution < -0.4 is 4.90 Å². The molecule has 0 bridgehead atoms. The zero-order valence-electron chi connectivity index (χ0n) is 11.6. The van der Waals surface area contributed by atoms with Crippen LogP contribution in [0.1, 0.15) is 35.9 Å². The monoisotopic (exact) mass is 286 g/mol. The Morgan fingerprint density at radius 3 is 2.80 bits per heavy atom. The number of piperidine rings is 1. The lowest BCUT2D eigenvalue weighted by atomic mass is 10.0. The van der Waals surface area contributed by atoms with Crippen molar-refractivity contribution in [1.29, 1.82) is 0 Å². The van der Waals surface area contributed by atoms with Crippen molar-refractivity contribution in [3.63, 3.8) is 0 Å². The van der Waals surface area contributed by atoms with E-state index in [1.165, 1.54) is 30.6 Å². The smallest absolute Gasteiger partial charge is 0.186 e. The molecule has 1 aromatic carbocycles. The predicted octanol–water partition coefficient (Wildman–Crippen LogP) is 4.00. The molecule has 1 aromatic heterocycles. The molecule has 1 unspecified atom stereocenters. The van der Waals surface area contributed by atoms with E-state index in [1.54, 1.807) is 0 Å². The molecule has 2 heterocycles. The number of benzene rings is 1. The predicted molar refractivity (Wildman–Crippen MR) is 83.6 cm³/mol. The number of aldehydes is 1. The van der Waals surface area contributed by atoms with Gasteiger partial charge < -0.3 is 4.90 Å². The molecule has 0 aliphatic carbocycles. The molecule has 4 heteroatoms. The highest BCUT2D eigenvalue weighted by atomic mass is 32.1. The number of hydrogen-bond acceptors (Lipinski definition) is 4. The SMILES string of the molecule is CC1CCCCN1c1nc(-c2ccccc2)c(C=O)s1. The van der Waals surface area contributed by atoms with Gasteiger partial charge in [0, 0.05) is 18.2 Å². The minimum absolute atomic E-state index is 0.512. The molecular weight excluding hydrogens is 268 g/mol. The maximum atomic E-state index is 11.3.